The molecule has 0 aliphatic rings. The van der Waals surface area contributed by atoms with Crippen molar-refractivity contribution in [3.63, 3.8) is 0 Å². The first-order valence-corrected chi connectivity index (χ1v) is 8.07. The maximum absolute atomic E-state index is 11.9. The standard InChI is InChI=1S/C16H17N5OS/c1-3-11-4-6-12(7-5-11)15-19-16(21-20-15)23-9-14(22)13(8-17)10(2)18/h4-7H,3,9,18H2,1-2H3,(H,19,20,21)/b13-10+. The number of nitrogens with one attached hydrogen (secondary N) is 1. The number of hydrogen-bond acceptors (Lipinski definition) is 6. The molecule has 6 nitrogen and oxygen atoms in total. The van der Waals surface area contributed by atoms with E-state index in [1.54, 1.807) is 0 Å². The fraction of sp³-hybridized carbons (Fsp3) is 0.250. The highest BCUT2D eigenvalue weighted by Crippen LogP contribution is 2.20. The largest absolute Gasteiger partial charge is 0.401 e. The van der Waals surface area contributed by atoms with Gasteiger partial charge in [0.1, 0.15) is 11.6 Å². The molecule has 1 aromatic carbocycles. The number of aryl methyl sites for hydroxylation is 1. The topological polar surface area (TPSA) is 108 Å². The van der Waals surface area contributed by atoms with Gasteiger partial charge in [-0.05, 0) is 18.9 Å². The van der Waals surface area contributed by atoms with E-state index in [9.17, 15) is 4.79 Å². The second-order valence-electron chi connectivity index (χ2n) is 4.90. The highest BCUT2D eigenvalue weighted by Gasteiger charge is 2.14. The molecule has 0 aliphatic carbocycles. The summed E-state index contributed by atoms with van der Waals surface area (Å²) in [6.45, 7) is 3.63. The third-order valence-corrected chi connectivity index (χ3v) is 4.07. The molecular formula is C16H17N5OS. The van der Waals surface area contributed by atoms with Crippen LogP contribution in [0.25, 0.3) is 11.4 Å². The normalized spacial score (nSPS) is 11.7. The van der Waals surface area contributed by atoms with Gasteiger partial charge in [0.05, 0.1) is 5.75 Å². The first-order valence-electron chi connectivity index (χ1n) is 7.09. The van der Waals surface area contributed by atoms with Gasteiger partial charge in [0, 0.05) is 11.3 Å². The molecule has 0 saturated heterocycles. The lowest BCUT2D eigenvalue weighted by Gasteiger charge is -1.99. The van der Waals surface area contributed by atoms with E-state index in [-0.39, 0.29) is 22.8 Å². The molecule has 0 saturated carbocycles. The molecule has 0 spiro atoms. The summed E-state index contributed by atoms with van der Waals surface area (Å²) in [5, 5.41) is 16.3. The van der Waals surface area contributed by atoms with Gasteiger partial charge in [0.2, 0.25) is 5.16 Å². The number of carbonyl (C=O) groups excluding carboxylic acids is 1. The maximum Gasteiger partial charge on any atom is 0.209 e. The van der Waals surface area contributed by atoms with E-state index in [1.165, 1.54) is 24.2 Å². The minimum absolute atomic E-state index is 0.0107. The van der Waals surface area contributed by atoms with Crippen LogP contribution in [-0.4, -0.2) is 26.7 Å². The Morgan fingerprint density at radius 3 is 2.65 bits per heavy atom. The van der Waals surface area contributed by atoms with Crippen molar-refractivity contribution in [3.8, 4) is 17.5 Å². The Hall–Kier alpha value is -2.59. The Balaban J connectivity index is 2.04. The number of thioether (sulfide) groups is 1. The second-order valence-corrected chi connectivity index (χ2v) is 5.84. The van der Waals surface area contributed by atoms with Gasteiger partial charge in [0.15, 0.2) is 11.6 Å². The van der Waals surface area contributed by atoms with E-state index >= 15 is 0 Å². The van der Waals surface area contributed by atoms with Crippen molar-refractivity contribution in [2.24, 2.45) is 5.73 Å². The van der Waals surface area contributed by atoms with Gasteiger partial charge in [-0.2, -0.15) is 5.26 Å². The minimum Gasteiger partial charge on any atom is -0.401 e. The molecule has 3 N–H and O–H groups in total. The number of carbonyl (C=O) groups is 1. The minimum atomic E-state index is -0.323. The summed E-state index contributed by atoms with van der Waals surface area (Å²) in [6.07, 6.45) is 0.981. The molecule has 0 aliphatic heterocycles. The van der Waals surface area contributed by atoms with Crippen LogP contribution in [0, 0.1) is 11.3 Å². The third-order valence-electron chi connectivity index (χ3n) is 3.22. The quantitative estimate of drug-likeness (QED) is 0.479. The maximum atomic E-state index is 11.9. The average Bonchev–Trinajstić information content (AvgIpc) is 3.02. The number of H-pyrrole nitrogens is 1. The smallest absolute Gasteiger partial charge is 0.209 e. The summed E-state index contributed by atoms with van der Waals surface area (Å²) in [6, 6.07) is 9.87. The molecule has 0 bridgehead atoms. The predicted octanol–water partition coefficient (Wildman–Crippen LogP) is 2.45. The fourth-order valence-corrected chi connectivity index (χ4v) is 2.58. The lowest BCUT2D eigenvalue weighted by Crippen LogP contribution is -2.10. The van der Waals surface area contributed by atoms with Gasteiger partial charge in [-0.3, -0.25) is 9.89 Å². The van der Waals surface area contributed by atoms with Gasteiger partial charge in [-0.15, -0.1) is 5.10 Å². The predicted molar refractivity (Wildman–Crippen MR) is 89.4 cm³/mol. The number of benzene rings is 1. The molecule has 2 rings (SSSR count). The van der Waals surface area contributed by atoms with Crippen LogP contribution in [0.15, 0.2) is 40.7 Å². The molecule has 0 unspecified atom stereocenters. The monoisotopic (exact) mass is 327 g/mol. The highest BCUT2D eigenvalue weighted by atomic mass is 32.2. The summed E-state index contributed by atoms with van der Waals surface area (Å²) >= 11 is 1.17. The van der Waals surface area contributed by atoms with Crippen molar-refractivity contribution in [1.29, 1.82) is 5.26 Å². The lowest BCUT2D eigenvalue weighted by atomic mass is 10.1. The number of aromatic amines is 1. The molecule has 1 heterocycles. The Labute approximate surface area is 138 Å². The van der Waals surface area contributed by atoms with Crippen molar-refractivity contribution < 1.29 is 4.79 Å². The Morgan fingerprint density at radius 2 is 2.09 bits per heavy atom. The van der Waals surface area contributed by atoms with Gasteiger partial charge >= 0.3 is 0 Å². The summed E-state index contributed by atoms with van der Waals surface area (Å²) in [7, 11) is 0. The first-order chi connectivity index (χ1) is 11.0. The third kappa shape index (κ3) is 4.20. The van der Waals surface area contributed by atoms with E-state index in [2.05, 4.69) is 22.1 Å². The van der Waals surface area contributed by atoms with Crippen LogP contribution in [0.3, 0.4) is 0 Å². The molecule has 2 aromatic rings. The Kier molecular flexibility index (Phi) is 5.55. The van der Waals surface area contributed by atoms with Crippen LogP contribution < -0.4 is 5.73 Å². The number of rotatable bonds is 6. The molecule has 0 fully saturated rings. The molecule has 1 aromatic heterocycles. The number of Topliss-reactive ketones (excluding diaryl/α,β-unsaturated/α-hetero) is 1. The molecule has 7 heteroatoms. The number of allylic oxidation sites excluding steroid dienone is 2. The summed E-state index contributed by atoms with van der Waals surface area (Å²) in [5.74, 6) is 0.397. The number of ketones is 1. The average molecular weight is 327 g/mol. The van der Waals surface area contributed by atoms with Crippen LogP contribution >= 0.6 is 11.8 Å². The van der Waals surface area contributed by atoms with E-state index in [0.29, 0.717) is 11.0 Å². The van der Waals surface area contributed by atoms with E-state index in [0.717, 1.165) is 12.0 Å². The number of aromatic nitrogens is 3. The van der Waals surface area contributed by atoms with Crippen molar-refractivity contribution in [1.82, 2.24) is 15.2 Å². The van der Waals surface area contributed by atoms with Gasteiger partial charge in [0.25, 0.3) is 0 Å². The van der Waals surface area contributed by atoms with E-state index in [4.69, 9.17) is 11.0 Å². The zero-order valence-corrected chi connectivity index (χ0v) is 13.8. The number of nitrogens with zero attached hydrogens (tertiary/aromatic N) is 3. The Morgan fingerprint density at radius 1 is 1.39 bits per heavy atom. The Bertz CT molecular complexity index is 767. The SMILES string of the molecule is CCc1ccc(-c2nc(SCC(=O)/C(C#N)=C(\C)N)n[nH]2)cc1. The molecule has 0 atom stereocenters. The van der Waals surface area contributed by atoms with E-state index in [1.807, 2.05) is 30.3 Å². The van der Waals surface area contributed by atoms with Crippen molar-refractivity contribution >= 4 is 17.5 Å². The molecular weight excluding hydrogens is 310 g/mol. The van der Waals surface area contributed by atoms with Crippen molar-refractivity contribution in [3.05, 3.63) is 41.1 Å². The van der Waals surface area contributed by atoms with Gasteiger partial charge in [-0.1, -0.05) is 43.0 Å². The first kappa shape index (κ1) is 16.8. The van der Waals surface area contributed by atoms with Gasteiger partial charge < -0.3 is 5.73 Å². The molecule has 23 heavy (non-hydrogen) atoms. The van der Waals surface area contributed by atoms with Crippen molar-refractivity contribution in [2.75, 3.05) is 5.75 Å². The zero-order valence-electron chi connectivity index (χ0n) is 13.0. The number of nitrogens with two attached hydrogens (primary N) is 1. The zero-order chi connectivity index (χ0) is 16.8. The molecule has 0 amide bonds. The number of nitriles is 1. The van der Waals surface area contributed by atoms with Crippen LogP contribution in [-0.2, 0) is 11.2 Å². The highest BCUT2D eigenvalue weighted by molar-refractivity contribution is 7.99. The molecule has 0 radical (unpaired) electrons. The van der Waals surface area contributed by atoms with Gasteiger partial charge in [-0.25, -0.2) is 4.98 Å². The van der Waals surface area contributed by atoms with Crippen LogP contribution in [0.5, 0.6) is 0 Å². The summed E-state index contributed by atoms with van der Waals surface area (Å²) in [5.41, 5.74) is 7.91. The summed E-state index contributed by atoms with van der Waals surface area (Å²) in [4.78, 5) is 16.2. The summed E-state index contributed by atoms with van der Waals surface area (Å²) < 4.78 is 0. The van der Waals surface area contributed by atoms with Crippen LogP contribution in [0.1, 0.15) is 19.4 Å². The van der Waals surface area contributed by atoms with Crippen molar-refractivity contribution in [2.45, 2.75) is 25.4 Å². The lowest BCUT2D eigenvalue weighted by molar-refractivity contribution is -0.112. The van der Waals surface area contributed by atoms with Crippen LogP contribution in [0.4, 0.5) is 0 Å². The number of hydrogen-bond donors (Lipinski definition) is 2. The van der Waals surface area contributed by atoms with E-state index < -0.39 is 0 Å². The molecule has 118 valence electrons. The fourth-order valence-electron chi connectivity index (χ4n) is 1.91. The second kappa shape index (κ2) is 7.61. The van der Waals surface area contributed by atoms with Crippen LogP contribution in [0.2, 0.25) is 0 Å².